The van der Waals surface area contributed by atoms with Crippen LogP contribution in [-0.4, -0.2) is 33.1 Å². The minimum absolute atomic E-state index is 0.418. The zero-order valence-electron chi connectivity index (χ0n) is 15.0. The van der Waals surface area contributed by atoms with Gasteiger partial charge in [-0.05, 0) is 53.1 Å². The third kappa shape index (κ3) is 4.59. The number of para-hydroxylation sites is 1. The molecule has 0 saturated heterocycles. The molecular formula is C18H18F2N4OS2. The van der Waals surface area contributed by atoms with Gasteiger partial charge in [0.05, 0.1) is 17.7 Å². The molecular weight excluding hydrogens is 390 g/mol. The molecule has 142 valence electrons. The van der Waals surface area contributed by atoms with Gasteiger partial charge in [0.25, 0.3) is 5.76 Å². The maximum atomic E-state index is 12.6. The van der Waals surface area contributed by atoms with Crippen LogP contribution >= 0.6 is 23.5 Å². The minimum atomic E-state index is -2.49. The highest BCUT2D eigenvalue weighted by molar-refractivity contribution is 7.99. The Labute approximate surface area is 164 Å². The number of aryl methyl sites for hydroxylation is 2. The predicted molar refractivity (Wildman–Crippen MR) is 103 cm³/mol. The molecule has 5 nitrogen and oxygen atoms in total. The van der Waals surface area contributed by atoms with Crippen LogP contribution in [0.4, 0.5) is 8.78 Å². The van der Waals surface area contributed by atoms with Crippen molar-refractivity contribution in [2.45, 2.75) is 35.4 Å². The quantitative estimate of drug-likeness (QED) is 0.519. The number of alkyl halides is 2. The van der Waals surface area contributed by atoms with E-state index in [2.05, 4.69) is 15.5 Å². The molecule has 2 aromatic carbocycles. The molecule has 0 bridgehead atoms. The lowest BCUT2D eigenvalue weighted by molar-refractivity contribution is 0.251. The Balaban J connectivity index is 1.80. The molecule has 0 atom stereocenters. The van der Waals surface area contributed by atoms with Crippen molar-refractivity contribution in [3.8, 4) is 11.4 Å². The lowest BCUT2D eigenvalue weighted by Gasteiger charge is -2.11. The van der Waals surface area contributed by atoms with Crippen molar-refractivity contribution in [1.29, 1.82) is 0 Å². The first-order valence-electron chi connectivity index (χ1n) is 8.09. The first kappa shape index (κ1) is 19.6. The molecule has 0 aliphatic carbocycles. The number of rotatable bonds is 7. The molecule has 3 rings (SSSR count). The average Bonchev–Trinajstić information content (AvgIpc) is 3.08. The van der Waals surface area contributed by atoms with E-state index < -0.39 is 5.76 Å². The van der Waals surface area contributed by atoms with Crippen molar-refractivity contribution < 1.29 is 13.5 Å². The van der Waals surface area contributed by atoms with E-state index in [0.29, 0.717) is 33.3 Å². The van der Waals surface area contributed by atoms with Gasteiger partial charge in [-0.1, -0.05) is 47.8 Å². The minimum Gasteiger partial charge on any atom is -0.496 e. The number of halogens is 2. The molecule has 0 unspecified atom stereocenters. The van der Waals surface area contributed by atoms with E-state index in [-0.39, 0.29) is 0 Å². The van der Waals surface area contributed by atoms with Crippen molar-refractivity contribution in [2.75, 3.05) is 7.11 Å². The Morgan fingerprint density at radius 1 is 1.15 bits per heavy atom. The van der Waals surface area contributed by atoms with Crippen LogP contribution in [0.25, 0.3) is 5.69 Å². The van der Waals surface area contributed by atoms with Gasteiger partial charge in [-0.3, -0.25) is 0 Å². The Bertz CT molecular complexity index is 913. The van der Waals surface area contributed by atoms with Crippen LogP contribution in [0.1, 0.15) is 16.7 Å². The molecule has 0 spiro atoms. The molecule has 0 radical (unpaired) electrons. The van der Waals surface area contributed by atoms with Crippen LogP contribution in [0.3, 0.4) is 0 Å². The summed E-state index contributed by atoms with van der Waals surface area (Å²) in [6.07, 6.45) is 0. The fourth-order valence-electron chi connectivity index (χ4n) is 2.69. The molecule has 1 heterocycles. The first-order valence-corrected chi connectivity index (χ1v) is 9.95. The van der Waals surface area contributed by atoms with Gasteiger partial charge in [-0.25, -0.2) is 0 Å². The first-order chi connectivity index (χ1) is 13.0. The number of benzene rings is 2. The number of nitrogens with zero attached hydrogens (tertiary/aromatic N) is 4. The van der Waals surface area contributed by atoms with Gasteiger partial charge < -0.3 is 4.74 Å². The standard InChI is InChI=1S/C18H18F2N4OS2/c1-11-5-4-6-12(2)16(11)24-18(21-22-23-24)26-10-13-7-8-15(27-17(19)20)14(9-13)25-3/h4-9,17H,10H2,1-3H3. The largest absolute Gasteiger partial charge is 0.496 e. The molecule has 0 N–H and O–H groups in total. The monoisotopic (exact) mass is 408 g/mol. The normalized spacial score (nSPS) is 11.2. The molecule has 0 saturated carbocycles. The molecule has 0 aliphatic rings. The summed E-state index contributed by atoms with van der Waals surface area (Å²) in [5, 5.41) is 12.7. The molecule has 0 amide bonds. The summed E-state index contributed by atoms with van der Waals surface area (Å²) in [7, 11) is 1.48. The lowest BCUT2D eigenvalue weighted by Crippen LogP contribution is -2.04. The topological polar surface area (TPSA) is 52.8 Å². The lowest BCUT2D eigenvalue weighted by atomic mass is 10.1. The number of hydrogen-bond donors (Lipinski definition) is 0. The maximum Gasteiger partial charge on any atom is 0.289 e. The second-order valence-corrected chi connectivity index (χ2v) is 7.74. The van der Waals surface area contributed by atoms with Gasteiger partial charge in [-0.15, -0.1) is 5.10 Å². The van der Waals surface area contributed by atoms with E-state index in [1.165, 1.54) is 18.9 Å². The summed E-state index contributed by atoms with van der Waals surface area (Å²) in [6, 6.07) is 11.3. The van der Waals surface area contributed by atoms with E-state index in [0.717, 1.165) is 22.4 Å². The summed E-state index contributed by atoms with van der Waals surface area (Å²) in [4.78, 5) is 0.418. The highest BCUT2D eigenvalue weighted by Crippen LogP contribution is 2.35. The highest BCUT2D eigenvalue weighted by Gasteiger charge is 2.15. The second kappa shape index (κ2) is 8.71. The molecule has 9 heteroatoms. The van der Waals surface area contributed by atoms with E-state index in [9.17, 15) is 8.78 Å². The Morgan fingerprint density at radius 3 is 2.56 bits per heavy atom. The molecule has 1 aromatic heterocycles. The Morgan fingerprint density at radius 2 is 1.89 bits per heavy atom. The number of hydrogen-bond acceptors (Lipinski definition) is 6. The number of thioether (sulfide) groups is 2. The van der Waals surface area contributed by atoms with Crippen molar-refractivity contribution in [1.82, 2.24) is 20.2 Å². The van der Waals surface area contributed by atoms with E-state index >= 15 is 0 Å². The Hall–Kier alpha value is -2.13. The fraction of sp³-hybridized carbons (Fsp3) is 0.278. The van der Waals surface area contributed by atoms with Crippen LogP contribution in [-0.2, 0) is 5.75 Å². The number of ether oxygens (including phenoxy) is 1. The van der Waals surface area contributed by atoms with Gasteiger partial charge in [0.2, 0.25) is 5.16 Å². The van der Waals surface area contributed by atoms with E-state index in [4.69, 9.17) is 4.74 Å². The third-order valence-electron chi connectivity index (χ3n) is 3.90. The SMILES string of the molecule is COc1cc(CSc2nnnn2-c2c(C)cccc2C)ccc1SC(F)F. The van der Waals surface area contributed by atoms with Gasteiger partial charge in [-0.2, -0.15) is 13.5 Å². The zero-order valence-corrected chi connectivity index (χ0v) is 16.7. The highest BCUT2D eigenvalue weighted by atomic mass is 32.2. The second-order valence-electron chi connectivity index (χ2n) is 5.77. The predicted octanol–water partition coefficient (Wildman–Crippen LogP) is 4.89. The zero-order chi connectivity index (χ0) is 19.4. The van der Waals surface area contributed by atoms with Gasteiger partial charge in [0, 0.05) is 5.75 Å². The number of tetrazole rings is 1. The van der Waals surface area contributed by atoms with Crippen LogP contribution in [0.5, 0.6) is 5.75 Å². The molecule has 27 heavy (non-hydrogen) atoms. The van der Waals surface area contributed by atoms with Gasteiger partial charge in [0.15, 0.2) is 0 Å². The van der Waals surface area contributed by atoms with E-state index in [1.54, 1.807) is 16.8 Å². The van der Waals surface area contributed by atoms with Crippen LogP contribution in [0.2, 0.25) is 0 Å². The smallest absolute Gasteiger partial charge is 0.289 e. The van der Waals surface area contributed by atoms with Crippen molar-refractivity contribution in [2.24, 2.45) is 0 Å². The fourth-order valence-corrected chi connectivity index (χ4v) is 4.11. The van der Waals surface area contributed by atoms with Crippen molar-refractivity contribution in [3.63, 3.8) is 0 Å². The summed E-state index contributed by atoms with van der Waals surface area (Å²) in [5.41, 5.74) is 4.07. The third-order valence-corrected chi connectivity index (χ3v) is 5.66. The number of methoxy groups -OCH3 is 1. The van der Waals surface area contributed by atoms with Crippen LogP contribution < -0.4 is 4.74 Å². The number of aromatic nitrogens is 4. The summed E-state index contributed by atoms with van der Waals surface area (Å²) in [5.74, 6) is -1.46. The van der Waals surface area contributed by atoms with Gasteiger partial charge >= 0.3 is 0 Å². The van der Waals surface area contributed by atoms with Crippen LogP contribution in [0.15, 0.2) is 46.5 Å². The van der Waals surface area contributed by atoms with Crippen molar-refractivity contribution in [3.05, 3.63) is 53.1 Å². The summed E-state index contributed by atoms with van der Waals surface area (Å²) >= 11 is 1.95. The van der Waals surface area contributed by atoms with Crippen molar-refractivity contribution >= 4 is 23.5 Å². The van der Waals surface area contributed by atoms with Gasteiger partial charge in [0.1, 0.15) is 5.75 Å². The molecule has 3 aromatic rings. The molecule has 0 aliphatic heterocycles. The summed E-state index contributed by atoms with van der Waals surface area (Å²) in [6.45, 7) is 4.03. The van der Waals surface area contributed by atoms with E-state index in [1.807, 2.05) is 38.1 Å². The summed E-state index contributed by atoms with van der Waals surface area (Å²) < 4.78 is 32.2. The average molecular weight is 408 g/mol. The van der Waals surface area contributed by atoms with Crippen LogP contribution in [0, 0.1) is 13.8 Å². The maximum absolute atomic E-state index is 12.6. The Kier molecular flexibility index (Phi) is 6.33. The molecule has 0 fully saturated rings.